The topological polar surface area (TPSA) is 101 Å². The molecule has 2 aromatic heterocycles. The molecule has 0 atom stereocenters. The third-order valence-electron chi connectivity index (χ3n) is 4.48. The summed E-state index contributed by atoms with van der Waals surface area (Å²) in [6.45, 7) is 5.88. The first-order valence-electron chi connectivity index (χ1n) is 9.37. The van der Waals surface area contributed by atoms with Crippen LogP contribution in [0.5, 0.6) is 0 Å². The zero-order chi connectivity index (χ0) is 21.7. The van der Waals surface area contributed by atoms with E-state index in [-0.39, 0.29) is 17.4 Å². The molecular weight excluding hydrogens is 418 g/mol. The number of amides is 1. The largest absolute Gasteiger partial charge is 0.316 e. The molecule has 1 N–H and O–H groups in total. The van der Waals surface area contributed by atoms with Crippen LogP contribution >= 0.6 is 23.1 Å². The number of anilines is 1. The van der Waals surface area contributed by atoms with Gasteiger partial charge in [-0.1, -0.05) is 42.1 Å². The molecule has 0 aliphatic carbocycles. The molecule has 0 saturated carbocycles. The lowest BCUT2D eigenvalue weighted by atomic mass is 10.1. The van der Waals surface area contributed by atoms with Gasteiger partial charge in [0.2, 0.25) is 5.91 Å². The minimum Gasteiger partial charge on any atom is -0.316 e. The Balaban J connectivity index is 1.68. The number of rotatable bonds is 8. The average molecular weight is 440 g/mol. The molecule has 0 aliphatic heterocycles. The number of nitrogens with one attached hydrogen (secondary N) is 1. The zero-order valence-corrected chi connectivity index (χ0v) is 18.6. The van der Waals surface area contributed by atoms with E-state index in [1.54, 1.807) is 6.92 Å². The van der Waals surface area contributed by atoms with Crippen LogP contribution in [-0.4, -0.2) is 32.2 Å². The van der Waals surface area contributed by atoms with Crippen LogP contribution in [0, 0.1) is 18.3 Å². The molecule has 0 radical (unpaired) electrons. The Morgan fingerprint density at radius 2 is 2.00 bits per heavy atom. The number of nitrogens with zero attached hydrogens (tertiary/aromatic N) is 4. The van der Waals surface area contributed by atoms with Crippen molar-refractivity contribution in [3.8, 4) is 6.07 Å². The van der Waals surface area contributed by atoms with Crippen molar-refractivity contribution in [3.63, 3.8) is 0 Å². The summed E-state index contributed by atoms with van der Waals surface area (Å²) < 4.78 is 1.99. The minimum absolute atomic E-state index is 0.120. The predicted molar refractivity (Wildman–Crippen MR) is 118 cm³/mol. The summed E-state index contributed by atoms with van der Waals surface area (Å²) in [7, 11) is 0. The van der Waals surface area contributed by atoms with Gasteiger partial charge in [0.15, 0.2) is 10.9 Å². The third-order valence-corrected chi connectivity index (χ3v) is 6.75. The van der Waals surface area contributed by atoms with Gasteiger partial charge in [0.1, 0.15) is 16.9 Å². The van der Waals surface area contributed by atoms with Crippen molar-refractivity contribution in [2.75, 3.05) is 11.1 Å². The number of thioether (sulfide) groups is 1. The van der Waals surface area contributed by atoms with Crippen LogP contribution in [-0.2, 0) is 17.8 Å². The lowest BCUT2D eigenvalue weighted by Gasteiger charge is -2.07. The summed E-state index contributed by atoms with van der Waals surface area (Å²) in [5, 5.41) is 21.7. The number of aromatic nitrogens is 3. The van der Waals surface area contributed by atoms with Crippen LogP contribution in [0.25, 0.3) is 0 Å². The summed E-state index contributed by atoms with van der Waals surface area (Å²) in [6.07, 6.45) is 0.669. The Bertz CT molecular complexity index is 1110. The molecule has 30 heavy (non-hydrogen) atoms. The second-order valence-corrected chi connectivity index (χ2v) is 8.53. The van der Waals surface area contributed by atoms with Gasteiger partial charge in [0.05, 0.1) is 16.2 Å². The van der Waals surface area contributed by atoms with Gasteiger partial charge in [-0.15, -0.1) is 21.5 Å². The fourth-order valence-electron chi connectivity index (χ4n) is 3.02. The lowest BCUT2D eigenvalue weighted by Crippen LogP contribution is -2.14. The molecule has 9 heteroatoms. The van der Waals surface area contributed by atoms with Crippen LogP contribution in [0.3, 0.4) is 0 Å². The minimum atomic E-state index is -0.261. The van der Waals surface area contributed by atoms with Gasteiger partial charge >= 0.3 is 0 Å². The molecule has 3 aromatic rings. The molecule has 0 fully saturated rings. The molecular formula is C21H21N5O2S2. The van der Waals surface area contributed by atoms with Gasteiger partial charge in [-0.25, -0.2) is 0 Å². The van der Waals surface area contributed by atoms with E-state index in [4.69, 9.17) is 0 Å². The number of ketones is 1. The maximum absolute atomic E-state index is 12.5. The van der Waals surface area contributed by atoms with Crippen LogP contribution in [0.1, 0.15) is 46.0 Å². The summed E-state index contributed by atoms with van der Waals surface area (Å²) in [5.74, 6) is 0.591. The molecule has 154 valence electrons. The fraction of sp³-hybridized carbons (Fsp3) is 0.286. The van der Waals surface area contributed by atoms with Crippen LogP contribution in [0.2, 0.25) is 0 Å². The molecule has 0 unspecified atom stereocenters. The monoisotopic (exact) mass is 439 g/mol. The smallest absolute Gasteiger partial charge is 0.235 e. The van der Waals surface area contributed by atoms with Crippen molar-refractivity contribution < 1.29 is 9.59 Å². The maximum atomic E-state index is 12.5. The second-order valence-electron chi connectivity index (χ2n) is 6.57. The van der Waals surface area contributed by atoms with Gasteiger partial charge in [-0.2, -0.15) is 5.26 Å². The van der Waals surface area contributed by atoms with Crippen molar-refractivity contribution in [3.05, 3.63) is 57.7 Å². The molecule has 0 aliphatic rings. The van der Waals surface area contributed by atoms with Crippen molar-refractivity contribution in [1.82, 2.24) is 14.8 Å². The number of thiophene rings is 1. The standard InChI is InChI=1S/C21H21N5O2S2/c1-4-26-17(10-15-8-6-5-7-9-15)24-25-21(26)29-12-18(28)23-20-16(11-22)13(2)19(30-20)14(3)27/h5-9H,4,10,12H2,1-3H3,(H,23,28). The van der Waals surface area contributed by atoms with Crippen molar-refractivity contribution in [2.45, 2.75) is 38.9 Å². The zero-order valence-electron chi connectivity index (χ0n) is 16.9. The number of hydrogen-bond donors (Lipinski definition) is 1. The van der Waals surface area contributed by atoms with Crippen LogP contribution < -0.4 is 5.32 Å². The fourth-order valence-corrected chi connectivity index (χ4v) is 4.91. The van der Waals surface area contributed by atoms with Gasteiger partial charge < -0.3 is 9.88 Å². The second kappa shape index (κ2) is 9.69. The summed E-state index contributed by atoms with van der Waals surface area (Å²) in [6, 6.07) is 12.1. The molecule has 7 nitrogen and oxygen atoms in total. The molecule has 0 saturated heterocycles. The lowest BCUT2D eigenvalue weighted by molar-refractivity contribution is -0.113. The molecule has 1 amide bonds. The Hall–Kier alpha value is -2.96. The summed E-state index contributed by atoms with van der Waals surface area (Å²) in [5.41, 5.74) is 2.09. The van der Waals surface area contributed by atoms with E-state index < -0.39 is 0 Å². The number of carbonyl (C=O) groups is 2. The van der Waals surface area contributed by atoms with E-state index in [1.807, 2.05) is 41.8 Å². The Morgan fingerprint density at radius 1 is 1.27 bits per heavy atom. The molecule has 0 bridgehead atoms. The SMILES string of the molecule is CCn1c(Cc2ccccc2)nnc1SCC(=O)Nc1sc(C(C)=O)c(C)c1C#N. The van der Waals surface area contributed by atoms with Crippen LogP contribution in [0.4, 0.5) is 5.00 Å². The number of nitriles is 1. The van der Waals surface area contributed by atoms with E-state index in [9.17, 15) is 14.9 Å². The molecule has 2 heterocycles. The van der Waals surface area contributed by atoms with E-state index in [1.165, 1.54) is 18.7 Å². The van der Waals surface area contributed by atoms with E-state index in [0.717, 1.165) is 22.7 Å². The quantitative estimate of drug-likeness (QED) is 0.419. The van der Waals surface area contributed by atoms with Crippen LogP contribution in [0.15, 0.2) is 35.5 Å². The number of Topliss-reactive ketones (excluding diaryl/α,β-unsaturated/α-hetero) is 1. The molecule has 0 spiro atoms. The van der Waals surface area contributed by atoms with Gasteiger partial charge in [-0.3, -0.25) is 9.59 Å². The number of hydrogen-bond acceptors (Lipinski definition) is 7. The highest BCUT2D eigenvalue weighted by atomic mass is 32.2. The van der Waals surface area contributed by atoms with Crippen molar-refractivity contribution in [1.29, 1.82) is 5.26 Å². The molecule has 3 rings (SSSR count). The maximum Gasteiger partial charge on any atom is 0.235 e. The molecule has 1 aromatic carbocycles. The highest BCUT2D eigenvalue weighted by molar-refractivity contribution is 7.99. The average Bonchev–Trinajstić information content (AvgIpc) is 3.26. The third kappa shape index (κ3) is 4.78. The van der Waals surface area contributed by atoms with Crippen molar-refractivity contribution in [2.24, 2.45) is 0 Å². The van der Waals surface area contributed by atoms with E-state index >= 15 is 0 Å². The predicted octanol–water partition coefficient (Wildman–Crippen LogP) is 4.06. The highest BCUT2D eigenvalue weighted by Gasteiger charge is 2.20. The Morgan fingerprint density at radius 3 is 2.63 bits per heavy atom. The summed E-state index contributed by atoms with van der Waals surface area (Å²) >= 11 is 2.43. The van der Waals surface area contributed by atoms with Gasteiger partial charge in [0.25, 0.3) is 0 Å². The summed E-state index contributed by atoms with van der Waals surface area (Å²) in [4.78, 5) is 24.7. The first kappa shape index (κ1) is 21.7. The first-order chi connectivity index (χ1) is 14.4. The van der Waals surface area contributed by atoms with Gasteiger partial charge in [0, 0.05) is 13.0 Å². The first-order valence-corrected chi connectivity index (χ1v) is 11.2. The Labute approximate surface area is 183 Å². The number of benzene rings is 1. The normalized spacial score (nSPS) is 10.6. The Kier molecular flexibility index (Phi) is 7.03. The number of carbonyl (C=O) groups excluding carboxylic acids is 2. The van der Waals surface area contributed by atoms with E-state index in [0.29, 0.717) is 39.1 Å². The van der Waals surface area contributed by atoms with E-state index in [2.05, 4.69) is 21.6 Å². The van der Waals surface area contributed by atoms with Crippen molar-refractivity contribution >= 4 is 39.8 Å². The highest BCUT2D eigenvalue weighted by Crippen LogP contribution is 2.33. The van der Waals surface area contributed by atoms with Gasteiger partial charge in [-0.05, 0) is 31.9 Å².